The number of phosphoric ester groups is 1. The van der Waals surface area contributed by atoms with Crippen molar-refractivity contribution in [2.75, 3.05) is 19.7 Å². The second kappa shape index (κ2) is 11.6. The van der Waals surface area contributed by atoms with Crippen molar-refractivity contribution in [2.24, 2.45) is 10.8 Å². The van der Waals surface area contributed by atoms with Gasteiger partial charge in [0.15, 0.2) is 0 Å². The molecule has 2 unspecified atom stereocenters. The Morgan fingerprint density at radius 3 is 2.10 bits per heavy atom. The first-order valence-corrected chi connectivity index (χ1v) is 11.8. The van der Waals surface area contributed by atoms with E-state index in [1.165, 1.54) is 13.8 Å². The summed E-state index contributed by atoms with van der Waals surface area (Å²) in [5, 5.41) is 15.6. The SMILES string of the molecule is CCC(C)(C)OP(=O)(O)OCC(C)(C)C(O)C(=O)NCCC(=O)NCCC(C)(C)C. The molecule has 10 heteroatoms. The zero-order valence-electron chi connectivity index (χ0n) is 19.7. The number of amides is 2. The molecule has 178 valence electrons. The Kier molecular flexibility index (Phi) is 11.2. The highest BCUT2D eigenvalue weighted by Gasteiger charge is 2.38. The lowest BCUT2D eigenvalue weighted by molar-refractivity contribution is -0.137. The Morgan fingerprint density at radius 2 is 1.60 bits per heavy atom. The smallest absolute Gasteiger partial charge is 0.383 e. The van der Waals surface area contributed by atoms with Crippen LogP contribution in [0.5, 0.6) is 0 Å². The van der Waals surface area contributed by atoms with Crippen molar-refractivity contribution in [1.82, 2.24) is 10.6 Å². The average Bonchev–Trinajstić information content (AvgIpc) is 2.57. The first-order chi connectivity index (χ1) is 13.4. The van der Waals surface area contributed by atoms with Gasteiger partial charge in [0.2, 0.25) is 11.8 Å². The number of aliphatic hydroxyl groups excluding tert-OH is 1. The van der Waals surface area contributed by atoms with Crippen LogP contribution in [0.25, 0.3) is 0 Å². The number of hydrogen-bond acceptors (Lipinski definition) is 6. The molecule has 2 atom stereocenters. The Labute approximate surface area is 180 Å². The molecule has 2 amide bonds. The number of aliphatic hydroxyl groups is 1. The maximum atomic E-state index is 12.2. The first-order valence-electron chi connectivity index (χ1n) is 10.3. The van der Waals surface area contributed by atoms with Gasteiger partial charge in [-0.2, -0.15) is 0 Å². The molecule has 4 N–H and O–H groups in total. The van der Waals surface area contributed by atoms with E-state index in [1.54, 1.807) is 13.8 Å². The lowest BCUT2D eigenvalue weighted by atomic mass is 9.87. The molecule has 0 spiro atoms. The van der Waals surface area contributed by atoms with E-state index in [0.29, 0.717) is 13.0 Å². The van der Waals surface area contributed by atoms with Crippen LogP contribution in [0.15, 0.2) is 0 Å². The highest BCUT2D eigenvalue weighted by Crippen LogP contribution is 2.49. The zero-order chi connectivity index (χ0) is 23.8. The summed E-state index contributed by atoms with van der Waals surface area (Å²) >= 11 is 0. The van der Waals surface area contributed by atoms with Crippen molar-refractivity contribution >= 4 is 19.6 Å². The predicted molar refractivity (Wildman–Crippen MR) is 116 cm³/mol. The number of carbonyl (C=O) groups is 2. The highest BCUT2D eigenvalue weighted by molar-refractivity contribution is 7.47. The van der Waals surface area contributed by atoms with E-state index in [0.717, 1.165) is 6.42 Å². The zero-order valence-corrected chi connectivity index (χ0v) is 20.6. The van der Waals surface area contributed by atoms with Gasteiger partial charge in [-0.25, -0.2) is 4.57 Å². The van der Waals surface area contributed by atoms with E-state index in [9.17, 15) is 24.2 Å². The molecule has 0 aliphatic rings. The van der Waals surface area contributed by atoms with Crippen LogP contribution in [0, 0.1) is 10.8 Å². The summed E-state index contributed by atoms with van der Waals surface area (Å²) < 4.78 is 22.2. The monoisotopic (exact) mass is 452 g/mol. The molecule has 30 heavy (non-hydrogen) atoms. The van der Waals surface area contributed by atoms with Crippen LogP contribution in [-0.4, -0.2) is 53.2 Å². The summed E-state index contributed by atoms with van der Waals surface area (Å²) in [5.41, 5.74) is -1.88. The van der Waals surface area contributed by atoms with Crippen LogP contribution >= 0.6 is 7.82 Å². The van der Waals surface area contributed by atoms with Gasteiger partial charge in [0, 0.05) is 24.9 Å². The standard InChI is InChI=1S/C20H41N2O7P/c1-9-20(7,8)29-30(26,27)28-14-19(5,6)16(24)17(25)22-12-10-15(23)21-13-11-18(2,3)4/h16,24H,9-14H2,1-8H3,(H,21,23)(H,22,25)(H,26,27). The Morgan fingerprint density at radius 1 is 1.03 bits per heavy atom. The van der Waals surface area contributed by atoms with Crippen LogP contribution < -0.4 is 10.6 Å². The number of nitrogens with one attached hydrogen (secondary N) is 2. The molecular weight excluding hydrogens is 411 g/mol. The molecule has 0 aliphatic heterocycles. The van der Waals surface area contributed by atoms with Crippen LogP contribution in [0.3, 0.4) is 0 Å². The third-order valence-corrected chi connectivity index (χ3v) is 5.83. The van der Waals surface area contributed by atoms with Gasteiger partial charge in [0.1, 0.15) is 6.10 Å². The number of carbonyl (C=O) groups excluding carboxylic acids is 2. The van der Waals surface area contributed by atoms with Gasteiger partial charge in [-0.3, -0.25) is 18.6 Å². The molecule has 0 aromatic carbocycles. The molecule has 0 aromatic rings. The summed E-state index contributed by atoms with van der Waals surface area (Å²) in [5.74, 6) is -0.873. The molecular formula is C20H41N2O7P. The summed E-state index contributed by atoms with van der Waals surface area (Å²) in [6, 6.07) is 0. The normalized spacial score (nSPS) is 15.9. The molecule has 0 aromatic heterocycles. The van der Waals surface area contributed by atoms with E-state index >= 15 is 0 Å². The number of rotatable bonds is 13. The predicted octanol–water partition coefficient (Wildman–Crippen LogP) is 2.75. The molecule has 9 nitrogen and oxygen atoms in total. The maximum Gasteiger partial charge on any atom is 0.472 e. The molecule has 0 radical (unpaired) electrons. The Balaban J connectivity index is 4.46. The van der Waals surface area contributed by atoms with Crippen molar-refractivity contribution in [2.45, 2.75) is 86.4 Å². The third-order valence-electron chi connectivity index (χ3n) is 4.65. The second-order valence-electron chi connectivity index (χ2n) is 10.0. The molecule has 0 saturated heterocycles. The lowest BCUT2D eigenvalue weighted by Crippen LogP contribution is -2.46. The lowest BCUT2D eigenvalue weighted by Gasteiger charge is -2.31. The van der Waals surface area contributed by atoms with Gasteiger partial charge >= 0.3 is 7.82 Å². The summed E-state index contributed by atoms with van der Waals surface area (Å²) in [4.78, 5) is 33.9. The van der Waals surface area contributed by atoms with E-state index < -0.39 is 30.8 Å². The molecule has 0 heterocycles. The minimum atomic E-state index is -4.35. The highest BCUT2D eigenvalue weighted by atomic mass is 31.2. The van der Waals surface area contributed by atoms with Gasteiger partial charge in [-0.05, 0) is 32.1 Å². The quantitative estimate of drug-likeness (QED) is 0.316. The van der Waals surface area contributed by atoms with Crippen LogP contribution in [-0.2, 0) is 23.2 Å². The summed E-state index contributed by atoms with van der Waals surface area (Å²) in [6.45, 7) is 14.7. The second-order valence-corrected chi connectivity index (χ2v) is 11.4. The van der Waals surface area contributed by atoms with Crippen LogP contribution in [0.4, 0.5) is 0 Å². The molecule has 0 rings (SSSR count). The fourth-order valence-electron chi connectivity index (χ4n) is 2.15. The maximum absolute atomic E-state index is 12.2. The Hall–Kier alpha value is -0.990. The van der Waals surface area contributed by atoms with Gasteiger partial charge in [0.25, 0.3) is 0 Å². The van der Waals surface area contributed by atoms with Crippen LogP contribution in [0.2, 0.25) is 0 Å². The summed E-state index contributed by atoms with van der Waals surface area (Å²) in [6.07, 6.45) is -0.0725. The van der Waals surface area contributed by atoms with Crippen molar-refractivity contribution in [3.05, 3.63) is 0 Å². The van der Waals surface area contributed by atoms with Crippen molar-refractivity contribution in [1.29, 1.82) is 0 Å². The Bertz CT molecular complexity index is 615. The fraction of sp³-hybridized carbons (Fsp3) is 0.900. The van der Waals surface area contributed by atoms with E-state index in [-0.39, 0.29) is 30.9 Å². The molecule has 0 bridgehead atoms. The van der Waals surface area contributed by atoms with Gasteiger partial charge in [-0.1, -0.05) is 41.5 Å². The minimum Gasteiger partial charge on any atom is -0.383 e. The van der Waals surface area contributed by atoms with Gasteiger partial charge in [-0.15, -0.1) is 0 Å². The molecule has 0 fully saturated rings. The van der Waals surface area contributed by atoms with Crippen molar-refractivity contribution < 1.29 is 33.2 Å². The van der Waals surface area contributed by atoms with E-state index in [2.05, 4.69) is 31.4 Å². The summed E-state index contributed by atoms with van der Waals surface area (Å²) in [7, 11) is -4.35. The minimum absolute atomic E-state index is 0.0699. The third kappa shape index (κ3) is 12.6. The topological polar surface area (TPSA) is 134 Å². The number of hydrogen-bond donors (Lipinski definition) is 4. The number of phosphoric acid groups is 1. The van der Waals surface area contributed by atoms with Crippen molar-refractivity contribution in [3.8, 4) is 0 Å². The fourth-order valence-corrected chi connectivity index (χ4v) is 3.45. The van der Waals surface area contributed by atoms with Crippen LogP contribution in [0.1, 0.15) is 74.7 Å². The average molecular weight is 453 g/mol. The first kappa shape index (κ1) is 29.0. The van der Waals surface area contributed by atoms with Gasteiger partial charge < -0.3 is 20.6 Å². The molecule has 0 aliphatic carbocycles. The molecule has 0 saturated carbocycles. The van der Waals surface area contributed by atoms with E-state index in [1.807, 2.05) is 6.92 Å². The van der Waals surface area contributed by atoms with Gasteiger partial charge in [0.05, 0.1) is 12.2 Å². The van der Waals surface area contributed by atoms with E-state index in [4.69, 9.17) is 9.05 Å². The largest absolute Gasteiger partial charge is 0.472 e. The van der Waals surface area contributed by atoms with Crippen molar-refractivity contribution in [3.63, 3.8) is 0 Å².